The van der Waals surface area contributed by atoms with Crippen molar-refractivity contribution in [2.24, 2.45) is 0 Å². The second-order valence-electron chi connectivity index (χ2n) is 6.78. The Kier molecular flexibility index (Phi) is 5.80. The van der Waals surface area contributed by atoms with E-state index < -0.39 is 11.8 Å². The van der Waals surface area contributed by atoms with E-state index in [-0.39, 0.29) is 12.0 Å². The molecule has 25 heavy (non-hydrogen) atoms. The quantitative estimate of drug-likeness (QED) is 0.840. The van der Waals surface area contributed by atoms with Crippen LogP contribution in [0.5, 0.6) is 5.75 Å². The van der Waals surface area contributed by atoms with Crippen LogP contribution in [0.15, 0.2) is 48.5 Å². The standard InChI is InChI=1S/C20H24N2O3/c1-20(2,3)15-9-11-16(12-10-15)22-19(24)18(23)21-13-14-7-5-6-8-17(14)25-4/h5-12H,13H2,1-4H3,(H,21,23)(H,22,24). The highest BCUT2D eigenvalue weighted by molar-refractivity contribution is 6.39. The van der Waals surface area contributed by atoms with Gasteiger partial charge in [0.1, 0.15) is 5.75 Å². The summed E-state index contributed by atoms with van der Waals surface area (Å²) in [6.07, 6.45) is 0. The maximum Gasteiger partial charge on any atom is 0.313 e. The van der Waals surface area contributed by atoms with Gasteiger partial charge >= 0.3 is 11.8 Å². The molecular weight excluding hydrogens is 316 g/mol. The largest absolute Gasteiger partial charge is 0.496 e. The molecule has 0 atom stereocenters. The topological polar surface area (TPSA) is 67.4 Å². The van der Waals surface area contributed by atoms with Crippen LogP contribution >= 0.6 is 0 Å². The van der Waals surface area contributed by atoms with E-state index in [1.807, 2.05) is 30.3 Å². The average Bonchev–Trinajstić information content (AvgIpc) is 2.59. The van der Waals surface area contributed by atoms with Gasteiger partial charge in [-0.15, -0.1) is 0 Å². The summed E-state index contributed by atoms with van der Waals surface area (Å²) in [5.41, 5.74) is 2.59. The molecule has 2 aromatic rings. The normalized spacial score (nSPS) is 10.9. The van der Waals surface area contributed by atoms with Crippen molar-refractivity contribution in [3.63, 3.8) is 0 Å². The second-order valence-corrected chi connectivity index (χ2v) is 6.78. The Labute approximate surface area is 148 Å². The van der Waals surface area contributed by atoms with Crippen LogP contribution < -0.4 is 15.4 Å². The van der Waals surface area contributed by atoms with Gasteiger partial charge in [0.2, 0.25) is 0 Å². The van der Waals surface area contributed by atoms with Gasteiger partial charge in [0.15, 0.2) is 0 Å². The molecule has 2 N–H and O–H groups in total. The number of amides is 2. The van der Waals surface area contributed by atoms with Crippen molar-refractivity contribution in [3.05, 3.63) is 59.7 Å². The van der Waals surface area contributed by atoms with Gasteiger partial charge in [0, 0.05) is 17.8 Å². The Morgan fingerprint density at radius 1 is 0.960 bits per heavy atom. The molecule has 0 aromatic heterocycles. The third kappa shape index (κ3) is 5.08. The molecule has 0 heterocycles. The van der Waals surface area contributed by atoms with Gasteiger partial charge in [-0.25, -0.2) is 0 Å². The number of carbonyl (C=O) groups is 2. The molecule has 132 valence electrons. The van der Waals surface area contributed by atoms with Gasteiger partial charge in [0.25, 0.3) is 0 Å². The number of ether oxygens (including phenoxy) is 1. The molecule has 0 saturated heterocycles. The van der Waals surface area contributed by atoms with Crippen molar-refractivity contribution in [1.82, 2.24) is 5.32 Å². The van der Waals surface area contributed by atoms with Crippen molar-refractivity contribution >= 4 is 17.5 Å². The van der Waals surface area contributed by atoms with Crippen LogP contribution in [0.25, 0.3) is 0 Å². The molecule has 0 spiro atoms. The molecule has 0 fully saturated rings. The minimum Gasteiger partial charge on any atom is -0.496 e. The van der Waals surface area contributed by atoms with Crippen LogP contribution in [0.2, 0.25) is 0 Å². The van der Waals surface area contributed by atoms with E-state index in [2.05, 4.69) is 31.4 Å². The first-order chi connectivity index (χ1) is 11.8. The number of para-hydroxylation sites is 1. The molecule has 0 saturated carbocycles. The van der Waals surface area contributed by atoms with Crippen molar-refractivity contribution in [2.75, 3.05) is 12.4 Å². The third-order valence-corrected chi connectivity index (χ3v) is 3.85. The zero-order valence-electron chi connectivity index (χ0n) is 15.1. The number of rotatable bonds is 4. The second kappa shape index (κ2) is 7.83. The number of hydrogen-bond donors (Lipinski definition) is 2. The van der Waals surface area contributed by atoms with Crippen molar-refractivity contribution in [2.45, 2.75) is 32.7 Å². The molecule has 5 nitrogen and oxygen atoms in total. The van der Waals surface area contributed by atoms with Gasteiger partial charge in [-0.05, 0) is 29.2 Å². The number of methoxy groups -OCH3 is 1. The lowest BCUT2D eigenvalue weighted by atomic mass is 9.87. The summed E-state index contributed by atoms with van der Waals surface area (Å²) in [5.74, 6) is -0.717. The molecule has 0 aliphatic heterocycles. The lowest BCUT2D eigenvalue weighted by molar-refractivity contribution is -0.136. The smallest absolute Gasteiger partial charge is 0.313 e. The van der Waals surface area contributed by atoms with Gasteiger partial charge in [-0.3, -0.25) is 9.59 Å². The van der Waals surface area contributed by atoms with Crippen molar-refractivity contribution in [1.29, 1.82) is 0 Å². The van der Waals surface area contributed by atoms with Gasteiger partial charge < -0.3 is 15.4 Å². The lowest BCUT2D eigenvalue weighted by Crippen LogP contribution is -2.35. The predicted octanol–water partition coefficient (Wildman–Crippen LogP) is 3.25. The number of carbonyl (C=O) groups excluding carboxylic acids is 2. The highest BCUT2D eigenvalue weighted by Gasteiger charge is 2.16. The first-order valence-electron chi connectivity index (χ1n) is 8.13. The third-order valence-electron chi connectivity index (χ3n) is 3.85. The fraction of sp³-hybridized carbons (Fsp3) is 0.300. The Morgan fingerprint density at radius 3 is 2.20 bits per heavy atom. The van der Waals surface area contributed by atoms with Crippen LogP contribution in [0.1, 0.15) is 31.9 Å². The zero-order valence-corrected chi connectivity index (χ0v) is 15.1. The maximum atomic E-state index is 12.0. The number of anilines is 1. The summed E-state index contributed by atoms with van der Waals surface area (Å²) in [6, 6.07) is 14.8. The molecule has 0 unspecified atom stereocenters. The minimum absolute atomic E-state index is 0.0364. The summed E-state index contributed by atoms with van der Waals surface area (Å²) in [6.45, 7) is 6.57. The number of hydrogen-bond acceptors (Lipinski definition) is 3. The van der Waals surface area contributed by atoms with Gasteiger partial charge in [0.05, 0.1) is 7.11 Å². The van der Waals surface area contributed by atoms with E-state index in [9.17, 15) is 9.59 Å². The van der Waals surface area contributed by atoms with E-state index >= 15 is 0 Å². The summed E-state index contributed by atoms with van der Waals surface area (Å²) in [7, 11) is 1.56. The summed E-state index contributed by atoms with van der Waals surface area (Å²) < 4.78 is 5.22. The Balaban J connectivity index is 1.93. The fourth-order valence-corrected chi connectivity index (χ4v) is 2.35. The Bertz CT molecular complexity index is 746. The molecule has 0 radical (unpaired) electrons. The SMILES string of the molecule is COc1ccccc1CNC(=O)C(=O)Nc1ccc(C(C)(C)C)cc1. The highest BCUT2D eigenvalue weighted by atomic mass is 16.5. The maximum absolute atomic E-state index is 12.0. The van der Waals surface area contributed by atoms with Crippen molar-refractivity contribution < 1.29 is 14.3 Å². The van der Waals surface area contributed by atoms with Crippen LogP contribution in [0, 0.1) is 0 Å². The van der Waals surface area contributed by atoms with Crippen LogP contribution in [0.4, 0.5) is 5.69 Å². The van der Waals surface area contributed by atoms with Gasteiger partial charge in [-0.2, -0.15) is 0 Å². The van der Waals surface area contributed by atoms with Crippen molar-refractivity contribution in [3.8, 4) is 5.75 Å². The van der Waals surface area contributed by atoms with Crippen LogP contribution in [0.3, 0.4) is 0 Å². The molecule has 0 aliphatic carbocycles. The van der Waals surface area contributed by atoms with E-state index in [0.29, 0.717) is 11.4 Å². The first-order valence-corrected chi connectivity index (χ1v) is 8.13. The molecule has 2 aromatic carbocycles. The van der Waals surface area contributed by atoms with Crippen LogP contribution in [-0.4, -0.2) is 18.9 Å². The van der Waals surface area contributed by atoms with Gasteiger partial charge in [-0.1, -0.05) is 51.1 Å². The highest BCUT2D eigenvalue weighted by Crippen LogP contribution is 2.23. The lowest BCUT2D eigenvalue weighted by Gasteiger charge is -2.19. The number of benzene rings is 2. The number of nitrogens with one attached hydrogen (secondary N) is 2. The minimum atomic E-state index is -0.696. The molecule has 0 bridgehead atoms. The molecule has 0 aliphatic rings. The van der Waals surface area contributed by atoms with E-state index in [4.69, 9.17) is 4.74 Å². The zero-order chi connectivity index (χ0) is 18.4. The Hall–Kier alpha value is -2.82. The van der Waals surface area contributed by atoms with Crippen LogP contribution in [-0.2, 0) is 21.5 Å². The monoisotopic (exact) mass is 340 g/mol. The average molecular weight is 340 g/mol. The Morgan fingerprint density at radius 2 is 1.60 bits per heavy atom. The van der Waals surface area contributed by atoms with E-state index in [1.165, 1.54) is 0 Å². The summed E-state index contributed by atoms with van der Waals surface area (Å²) in [4.78, 5) is 24.0. The molecule has 5 heteroatoms. The summed E-state index contributed by atoms with van der Waals surface area (Å²) in [5, 5.41) is 5.20. The predicted molar refractivity (Wildman–Crippen MR) is 98.6 cm³/mol. The van der Waals surface area contributed by atoms with E-state index in [1.54, 1.807) is 25.3 Å². The fourth-order valence-electron chi connectivity index (χ4n) is 2.35. The van der Waals surface area contributed by atoms with E-state index in [0.717, 1.165) is 11.1 Å². The first kappa shape index (κ1) is 18.5. The molecule has 2 amide bonds. The summed E-state index contributed by atoms with van der Waals surface area (Å²) >= 11 is 0. The molecule has 2 rings (SSSR count). The molecular formula is C20H24N2O3.